The molecule has 4 heteroatoms. The van der Waals surface area contributed by atoms with E-state index in [1.54, 1.807) is 7.11 Å². The maximum atomic E-state index is 9.67. The summed E-state index contributed by atoms with van der Waals surface area (Å²) in [6, 6.07) is 5.57. The van der Waals surface area contributed by atoms with Crippen LogP contribution in [0.3, 0.4) is 0 Å². The van der Waals surface area contributed by atoms with Crippen molar-refractivity contribution >= 4 is 0 Å². The van der Waals surface area contributed by atoms with Gasteiger partial charge in [0.2, 0.25) is 0 Å². The van der Waals surface area contributed by atoms with E-state index in [0.717, 1.165) is 5.56 Å². The quantitative estimate of drug-likeness (QED) is 0.705. The fourth-order valence-corrected chi connectivity index (χ4v) is 1.30. The largest absolute Gasteiger partial charge is 0.496 e. The first-order chi connectivity index (χ1) is 6.69. The molecule has 1 unspecified atom stereocenters. The molecule has 1 aromatic rings. The number of aliphatic hydroxyl groups is 1. The van der Waals surface area contributed by atoms with Crippen molar-refractivity contribution in [2.75, 3.05) is 13.7 Å². The van der Waals surface area contributed by atoms with E-state index < -0.39 is 6.10 Å². The van der Waals surface area contributed by atoms with Crippen LogP contribution < -0.4 is 10.6 Å². The number of benzene rings is 1. The molecule has 1 atom stereocenters. The van der Waals surface area contributed by atoms with Crippen molar-refractivity contribution < 1.29 is 14.7 Å². The van der Waals surface area contributed by atoms with E-state index in [-0.39, 0.29) is 6.61 Å². The fraction of sp³-hybridized carbons (Fsp3) is 0.400. The molecule has 0 radical (unpaired) electrons. The number of hydrogen-bond acceptors (Lipinski definition) is 4. The number of nitrogens with two attached hydrogens (primary N) is 1. The van der Waals surface area contributed by atoms with Gasteiger partial charge >= 0.3 is 0 Å². The Morgan fingerprint density at radius 1 is 1.50 bits per heavy atom. The zero-order chi connectivity index (χ0) is 10.6. The van der Waals surface area contributed by atoms with Crippen molar-refractivity contribution in [1.82, 2.24) is 0 Å². The first-order valence-corrected chi connectivity index (χ1v) is 4.33. The summed E-state index contributed by atoms with van der Waals surface area (Å²) < 4.78 is 5.11. The fourth-order valence-electron chi connectivity index (χ4n) is 1.30. The Bertz CT molecular complexity index is 301. The molecule has 14 heavy (non-hydrogen) atoms. The van der Waals surface area contributed by atoms with Gasteiger partial charge in [-0.1, -0.05) is 11.6 Å². The third-order valence-corrected chi connectivity index (χ3v) is 2.00. The second-order valence-corrected chi connectivity index (χ2v) is 3.09. The van der Waals surface area contributed by atoms with Crippen LogP contribution in [0.2, 0.25) is 0 Å². The minimum atomic E-state index is -0.755. The number of aryl methyl sites for hydroxylation is 1. The minimum absolute atomic E-state index is 0.0554. The van der Waals surface area contributed by atoms with Gasteiger partial charge in [0.1, 0.15) is 11.9 Å². The molecule has 0 saturated heterocycles. The number of ether oxygens (including phenoxy) is 1. The number of hydrogen-bond donors (Lipinski definition) is 2. The molecule has 0 amide bonds. The molecule has 0 aliphatic heterocycles. The van der Waals surface area contributed by atoms with Gasteiger partial charge in [-0.25, -0.2) is 5.90 Å². The Balaban J connectivity index is 2.97. The molecule has 78 valence electrons. The summed E-state index contributed by atoms with van der Waals surface area (Å²) in [5.41, 5.74) is 1.75. The molecular weight excluding hydrogens is 182 g/mol. The van der Waals surface area contributed by atoms with Gasteiger partial charge in [0, 0.05) is 5.56 Å². The van der Waals surface area contributed by atoms with Gasteiger partial charge in [0.05, 0.1) is 13.7 Å². The van der Waals surface area contributed by atoms with E-state index >= 15 is 0 Å². The van der Waals surface area contributed by atoms with Crippen LogP contribution in [0.15, 0.2) is 18.2 Å². The van der Waals surface area contributed by atoms with Crippen LogP contribution in [0.5, 0.6) is 5.75 Å². The lowest BCUT2D eigenvalue weighted by Gasteiger charge is -2.14. The Hall–Kier alpha value is -1.10. The predicted octanol–water partition coefficient (Wildman–Crippen LogP) is 0.927. The molecule has 4 nitrogen and oxygen atoms in total. The van der Waals surface area contributed by atoms with Crippen LogP contribution >= 0.6 is 0 Å². The highest BCUT2D eigenvalue weighted by Crippen LogP contribution is 2.26. The summed E-state index contributed by atoms with van der Waals surface area (Å²) in [5.74, 6) is 5.53. The first kappa shape index (κ1) is 11.0. The van der Waals surface area contributed by atoms with Crippen LogP contribution in [-0.4, -0.2) is 18.8 Å². The van der Waals surface area contributed by atoms with Gasteiger partial charge in [0.25, 0.3) is 0 Å². The molecule has 0 spiro atoms. The molecule has 1 rings (SSSR count). The molecule has 0 aromatic heterocycles. The highest BCUT2D eigenvalue weighted by Gasteiger charge is 2.13. The number of rotatable bonds is 4. The SMILES string of the molecule is COc1ccc(C)cc1C(O)CON. The van der Waals surface area contributed by atoms with E-state index in [1.165, 1.54) is 0 Å². The zero-order valence-electron chi connectivity index (χ0n) is 8.36. The van der Waals surface area contributed by atoms with Crippen molar-refractivity contribution in [1.29, 1.82) is 0 Å². The average molecular weight is 197 g/mol. The van der Waals surface area contributed by atoms with Gasteiger partial charge < -0.3 is 14.7 Å². The molecule has 0 bridgehead atoms. The van der Waals surface area contributed by atoms with Gasteiger partial charge in [-0.2, -0.15) is 0 Å². The summed E-state index contributed by atoms with van der Waals surface area (Å²) in [6.45, 7) is 2.00. The topological polar surface area (TPSA) is 64.7 Å². The van der Waals surface area contributed by atoms with Gasteiger partial charge in [-0.05, 0) is 19.1 Å². The first-order valence-electron chi connectivity index (χ1n) is 4.33. The summed E-state index contributed by atoms with van der Waals surface area (Å²) in [7, 11) is 1.56. The van der Waals surface area contributed by atoms with Gasteiger partial charge in [0.15, 0.2) is 0 Å². The molecule has 3 N–H and O–H groups in total. The lowest BCUT2D eigenvalue weighted by molar-refractivity contribution is 0.0347. The molecule has 0 aliphatic carbocycles. The van der Waals surface area contributed by atoms with Crippen LogP contribution in [0, 0.1) is 6.92 Å². The van der Waals surface area contributed by atoms with E-state index in [9.17, 15) is 5.11 Å². The van der Waals surface area contributed by atoms with Crippen molar-refractivity contribution in [2.45, 2.75) is 13.0 Å². The predicted molar refractivity (Wildman–Crippen MR) is 52.8 cm³/mol. The zero-order valence-corrected chi connectivity index (χ0v) is 8.36. The minimum Gasteiger partial charge on any atom is -0.496 e. The lowest BCUT2D eigenvalue weighted by Crippen LogP contribution is -2.11. The molecule has 1 aromatic carbocycles. The van der Waals surface area contributed by atoms with E-state index in [1.807, 2.05) is 25.1 Å². The standard InChI is InChI=1S/C10H15NO3/c1-7-3-4-10(13-2)8(5-7)9(12)6-14-11/h3-5,9,12H,6,11H2,1-2H3. The molecule has 0 heterocycles. The Labute approximate surface area is 83.2 Å². The van der Waals surface area contributed by atoms with Crippen molar-refractivity contribution in [2.24, 2.45) is 5.90 Å². The van der Waals surface area contributed by atoms with Crippen molar-refractivity contribution in [3.63, 3.8) is 0 Å². The smallest absolute Gasteiger partial charge is 0.124 e. The summed E-state index contributed by atoms with van der Waals surface area (Å²) >= 11 is 0. The Kier molecular flexibility index (Phi) is 3.88. The van der Waals surface area contributed by atoms with E-state index in [2.05, 4.69) is 4.84 Å². The normalized spacial score (nSPS) is 12.6. The molecule has 0 aliphatic rings. The van der Waals surface area contributed by atoms with Crippen LogP contribution in [-0.2, 0) is 4.84 Å². The van der Waals surface area contributed by atoms with E-state index in [4.69, 9.17) is 10.6 Å². The van der Waals surface area contributed by atoms with Crippen LogP contribution in [0.4, 0.5) is 0 Å². The van der Waals surface area contributed by atoms with Crippen molar-refractivity contribution in [3.8, 4) is 5.75 Å². The summed E-state index contributed by atoms with van der Waals surface area (Å²) in [4.78, 5) is 4.39. The second-order valence-electron chi connectivity index (χ2n) is 3.09. The Morgan fingerprint density at radius 2 is 2.21 bits per heavy atom. The highest BCUT2D eigenvalue weighted by molar-refractivity contribution is 5.38. The third kappa shape index (κ3) is 2.45. The van der Waals surface area contributed by atoms with Crippen LogP contribution in [0.25, 0.3) is 0 Å². The van der Waals surface area contributed by atoms with E-state index in [0.29, 0.717) is 11.3 Å². The monoisotopic (exact) mass is 197 g/mol. The summed E-state index contributed by atoms with van der Waals surface area (Å²) in [6.07, 6.45) is -0.755. The highest BCUT2D eigenvalue weighted by atomic mass is 16.6. The third-order valence-electron chi connectivity index (χ3n) is 2.00. The molecular formula is C10H15NO3. The van der Waals surface area contributed by atoms with Gasteiger partial charge in [-0.3, -0.25) is 0 Å². The van der Waals surface area contributed by atoms with Crippen molar-refractivity contribution in [3.05, 3.63) is 29.3 Å². The van der Waals surface area contributed by atoms with Gasteiger partial charge in [-0.15, -0.1) is 0 Å². The maximum absolute atomic E-state index is 9.67. The Morgan fingerprint density at radius 3 is 2.79 bits per heavy atom. The molecule has 0 fully saturated rings. The summed E-state index contributed by atoms with van der Waals surface area (Å²) in [5, 5.41) is 9.67. The second kappa shape index (κ2) is 4.95. The van der Waals surface area contributed by atoms with Crippen LogP contribution in [0.1, 0.15) is 17.2 Å². The average Bonchev–Trinajstić information content (AvgIpc) is 2.18. The number of methoxy groups -OCH3 is 1. The lowest BCUT2D eigenvalue weighted by atomic mass is 10.1. The number of aliphatic hydroxyl groups excluding tert-OH is 1. The molecule has 0 saturated carbocycles. The maximum Gasteiger partial charge on any atom is 0.124 e.